The van der Waals surface area contributed by atoms with Crippen molar-refractivity contribution in [2.45, 2.75) is 26.2 Å². The molecule has 2 aromatic rings. The van der Waals surface area contributed by atoms with Crippen LogP contribution in [-0.2, 0) is 6.42 Å². The number of benzene rings is 1. The first kappa shape index (κ1) is 14.2. The van der Waals surface area contributed by atoms with Crippen molar-refractivity contribution in [2.24, 2.45) is 5.92 Å². The highest BCUT2D eigenvalue weighted by atomic mass is 32.1. The second-order valence-electron chi connectivity index (χ2n) is 5.29. The molecule has 0 aliphatic heterocycles. The van der Waals surface area contributed by atoms with E-state index in [1.807, 2.05) is 6.20 Å². The van der Waals surface area contributed by atoms with Crippen LogP contribution in [-0.4, -0.2) is 18.1 Å². The summed E-state index contributed by atoms with van der Waals surface area (Å²) < 4.78 is 0. The van der Waals surface area contributed by atoms with Gasteiger partial charge in [-0.2, -0.15) is 0 Å². The number of rotatable bonds is 7. The van der Waals surface area contributed by atoms with Crippen molar-refractivity contribution in [2.75, 3.05) is 13.1 Å². The second-order valence-corrected chi connectivity index (χ2v) is 6.27. The first-order valence-electron chi connectivity index (χ1n) is 6.89. The monoisotopic (exact) mass is 274 g/mol. The molecule has 2 nitrogen and oxygen atoms in total. The van der Waals surface area contributed by atoms with Crippen molar-refractivity contribution in [3.05, 3.63) is 52.5 Å². The number of nitrogens with zero attached hydrogens (tertiary/aromatic N) is 1. The Morgan fingerprint density at radius 3 is 2.58 bits per heavy atom. The van der Waals surface area contributed by atoms with E-state index in [1.165, 1.54) is 10.6 Å². The Morgan fingerprint density at radius 2 is 1.95 bits per heavy atom. The highest BCUT2D eigenvalue weighted by molar-refractivity contribution is 7.09. The summed E-state index contributed by atoms with van der Waals surface area (Å²) in [5.74, 6) is 1.20. The van der Waals surface area contributed by atoms with Crippen LogP contribution >= 0.6 is 11.3 Å². The van der Waals surface area contributed by atoms with Gasteiger partial charge in [-0.3, -0.25) is 0 Å². The van der Waals surface area contributed by atoms with Gasteiger partial charge in [-0.05, 0) is 18.0 Å². The number of hydrogen-bond donors (Lipinski definition) is 1. The maximum Gasteiger partial charge on any atom is 0.0931 e. The van der Waals surface area contributed by atoms with Gasteiger partial charge in [-0.1, -0.05) is 44.2 Å². The summed E-state index contributed by atoms with van der Waals surface area (Å²) in [5, 5.41) is 6.85. The number of aromatic nitrogens is 1. The maximum absolute atomic E-state index is 4.42. The quantitative estimate of drug-likeness (QED) is 0.832. The molecule has 0 saturated heterocycles. The lowest BCUT2D eigenvalue weighted by Gasteiger charge is -2.18. The second kappa shape index (κ2) is 7.41. The highest BCUT2D eigenvalue weighted by Gasteiger charge is 2.13. The van der Waals surface area contributed by atoms with Gasteiger partial charge >= 0.3 is 0 Å². The zero-order valence-corrected chi connectivity index (χ0v) is 12.5. The molecule has 1 N–H and O–H groups in total. The molecular weight excluding hydrogens is 252 g/mol. The third-order valence-electron chi connectivity index (χ3n) is 3.12. The fraction of sp³-hybridized carbons (Fsp3) is 0.438. The summed E-state index contributed by atoms with van der Waals surface area (Å²) in [5.41, 5.74) is 1.40. The van der Waals surface area contributed by atoms with Crippen LogP contribution in [0.15, 0.2) is 41.9 Å². The number of hydrogen-bond acceptors (Lipinski definition) is 3. The Labute approximate surface area is 119 Å². The smallest absolute Gasteiger partial charge is 0.0931 e. The summed E-state index contributed by atoms with van der Waals surface area (Å²) in [6.45, 7) is 6.57. The molecule has 1 atom stereocenters. The maximum atomic E-state index is 4.42. The fourth-order valence-electron chi connectivity index (χ4n) is 2.14. The van der Waals surface area contributed by atoms with Gasteiger partial charge in [0.05, 0.1) is 5.01 Å². The lowest BCUT2D eigenvalue weighted by molar-refractivity contribution is 0.514. The van der Waals surface area contributed by atoms with Crippen molar-refractivity contribution in [1.82, 2.24) is 10.3 Å². The van der Waals surface area contributed by atoms with E-state index >= 15 is 0 Å². The minimum Gasteiger partial charge on any atom is -0.316 e. The fourth-order valence-corrected chi connectivity index (χ4v) is 2.84. The predicted molar refractivity (Wildman–Crippen MR) is 82.7 cm³/mol. The molecule has 3 heteroatoms. The third-order valence-corrected chi connectivity index (χ3v) is 3.92. The molecule has 2 rings (SSSR count). The largest absolute Gasteiger partial charge is 0.316 e. The highest BCUT2D eigenvalue weighted by Crippen LogP contribution is 2.21. The normalized spacial score (nSPS) is 12.8. The Hall–Kier alpha value is -1.19. The van der Waals surface area contributed by atoms with E-state index in [0.29, 0.717) is 11.8 Å². The molecule has 0 aliphatic rings. The first-order valence-corrected chi connectivity index (χ1v) is 7.77. The molecule has 0 spiro atoms. The molecule has 1 aromatic carbocycles. The van der Waals surface area contributed by atoms with Gasteiger partial charge in [0.2, 0.25) is 0 Å². The molecule has 0 bridgehead atoms. The third kappa shape index (κ3) is 4.77. The van der Waals surface area contributed by atoms with Gasteiger partial charge in [-0.15, -0.1) is 11.3 Å². The minimum atomic E-state index is 0.506. The SMILES string of the molecule is CC(C)CNCC(Cc1nccs1)c1ccccc1. The first-order chi connectivity index (χ1) is 9.25. The van der Waals surface area contributed by atoms with Crippen molar-refractivity contribution in [1.29, 1.82) is 0 Å². The molecule has 0 amide bonds. The molecular formula is C16H22N2S. The van der Waals surface area contributed by atoms with Crippen molar-refractivity contribution < 1.29 is 0 Å². The van der Waals surface area contributed by atoms with Crippen LogP contribution in [0.5, 0.6) is 0 Å². The molecule has 1 heterocycles. The summed E-state index contributed by atoms with van der Waals surface area (Å²) in [7, 11) is 0. The average molecular weight is 274 g/mol. The lowest BCUT2D eigenvalue weighted by atomic mass is 9.96. The van der Waals surface area contributed by atoms with E-state index < -0.39 is 0 Å². The van der Waals surface area contributed by atoms with Gasteiger partial charge < -0.3 is 5.32 Å². The summed E-state index contributed by atoms with van der Waals surface area (Å²) >= 11 is 1.75. The van der Waals surface area contributed by atoms with Gasteiger partial charge in [0, 0.05) is 30.5 Å². The van der Waals surface area contributed by atoms with Gasteiger partial charge in [0.25, 0.3) is 0 Å². The van der Waals surface area contributed by atoms with E-state index in [9.17, 15) is 0 Å². The molecule has 0 saturated carbocycles. The van der Waals surface area contributed by atoms with E-state index in [0.717, 1.165) is 19.5 Å². The molecule has 0 radical (unpaired) electrons. The van der Waals surface area contributed by atoms with Gasteiger partial charge in [-0.25, -0.2) is 4.98 Å². The Balaban J connectivity index is 2.00. The molecule has 1 aromatic heterocycles. The van der Waals surface area contributed by atoms with Gasteiger partial charge in [0.1, 0.15) is 0 Å². The number of nitrogens with one attached hydrogen (secondary N) is 1. The van der Waals surface area contributed by atoms with E-state index in [2.05, 4.69) is 59.9 Å². The Kier molecular flexibility index (Phi) is 5.55. The van der Waals surface area contributed by atoms with Gasteiger partial charge in [0.15, 0.2) is 0 Å². The molecule has 0 aliphatic carbocycles. The predicted octanol–water partition coefficient (Wildman–Crippen LogP) is 3.72. The molecule has 19 heavy (non-hydrogen) atoms. The standard InChI is InChI=1S/C16H22N2S/c1-13(2)11-17-12-15(10-16-18-8-9-19-16)14-6-4-3-5-7-14/h3-9,13,15,17H,10-12H2,1-2H3. The number of thiazole rings is 1. The zero-order valence-electron chi connectivity index (χ0n) is 11.7. The molecule has 0 fully saturated rings. The van der Waals surface area contributed by atoms with E-state index in [-0.39, 0.29) is 0 Å². The van der Waals surface area contributed by atoms with Crippen LogP contribution in [0.25, 0.3) is 0 Å². The van der Waals surface area contributed by atoms with Crippen LogP contribution in [0.2, 0.25) is 0 Å². The van der Waals surface area contributed by atoms with Crippen molar-refractivity contribution in [3.63, 3.8) is 0 Å². The summed E-state index contributed by atoms with van der Waals surface area (Å²) in [4.78, 5) is 4.42. The van der Waals surface area contributed by atoms with Crippen LogP contribution in [0, 0.1) is 5.92 Å². The Morgan fingerprint density at radius 1 is 1.16 bits per heavy atom. The minimum absolute atomic E-state index is 0.506. The van der Waals surface area contributed by atoms with Crippen LogP contribution in [0.3, 0.4) is 0 Å². The summed E-state index contributed by atoms with van der Waals surface area (Å²) in [6.07, 6.45) is 2.91. The average Bonchev–Trinajstić information content (AvgIpc) is 2.91. The van der Waals surface area contributed by atoms with Crippen molar-refractivity contribution >= 4 is 11.3 Å². The summed E-state index contributed by atoms with van der Waals surface area (Å²) in [6, 6.07) is 10.7. The Bertz CT molecular complexity index is 451. The van der Waals surface area contributed by atoms with Crippen LogP contribution in [0.4, 0.5) is 0 Å². The lowest BCUT2D eigenvalue weighted by Crippen LogP contribution is -2.26. The van der Waals surface area contributed by atoms with E-state index in [1.54, 1.807) is 11.3 Å². The van der Waals surface area contributed by atoms with Crippen LogP contribution in [0.1, 0.15) is 30.3 Å². The van der Waals surface area contributed by atoms with E-state index in [4.69, 9.17) is 0 Å². The van der Waals surface area contributed by atoms with Crippen molar-refractivity contribution in [3.8, 4) is 0 Å². The molecule has 1 unspecified atom stereocenters. The molecule has 102 valence electrons. The topological polar surface area (TPSA) is 24.9 Å². The van der Waals surface area contributed by atoms with Crippen LogP contribution < -0.4 is 5.32 Å². The zero-order chi connectivity index (χ0) is 13.5.